The zero-order chi connectivity index (χ0) is 6.53. The molecule has 0 unspecified atom stereocenters. The summed E-state index contributed by atoms with van der Waals surface area (Å²) in [6.07, 6.45) is 6.18. The molecule has 0 amide bonds. The zero-order valence-electron chi connectivity index (χ0n) is 5.97. The third-order valence-corrected chi connectivity index (χ3v) is 1.84. The average Bonchev–Trinajstić information content (AvgIpc) is 1.91. The first kappa shape index (κ1) is 13.3. The molecule has 68 valence electrons. The summed E-state index contributed by atoms with van der Waals surface area (Å²) in [6.45, 7) is 7.36. The van der Waals surface area contributed by atoms with Crippen LogP contribution in [0.4, 0.5) is 0 Å². The van der Waals surface area contributed by atoms with E-state index in [1.165, 1.54) is 32.4 Å². The molecule has 0 atom stereocenters. The topological polar surface area (TPSA) is 3.24 Å². The molecule has 1 fully saturated rings. The van der Waals surface area contributed by atoms with Gasteiger partial charge in [0.2, 0.25) is 0 Å². The van der Waals surface area contributed by atoms with Gasteiger partial charge in [0.15, 0.2) is 0 Å². The van der Waals surface area contributed by atoms with Gasteiger partial charge in [-0.1, -0.05) is 27.4 Å². The molecule has 0 aromatic carbocycles. The second kappa shape index (κ2) is 7.80. The highest BCUT2D eigenvalue weighted by Gasteiger charge is 2.06. The smallest absolute Gasteiger partial charge is 0.0160 e. The van der Waals surface area contributed by atoms with Crippen LogP contribution in [0.15, 0.2) is 12.7 Å². The van der Waals surface area contributed by atoms with E-state index >= 15 is 0 Å². The van der Waals surface area contributed by atoms with E-state index in [4.69, 9.17) is 0 Å². The van der Waals surface area contributed by atoms with Gasteiger partial charge in [-0.2, -0.15) is 0 Å². The SMILES string of the molecule is C.C.C=CCN1CCCCC1. The summed E-state index contributed by atoms with van der Waals surface area (Å²) < 4.78 is 0. The summed E-state index contributed by atoms with van der Waals surface area (Å²) in [5.74, 6) is 0. The Morgan fingerprint density at radius 2 is 1.64 bits per heavy atom. The molecule has 1 heterocycles. The first-order valence-corrected chi connectivity index (χ1v) is 3.77. The fourth-order valence-corrected chi connectivity index (χ4v) is 1.32. The van der Waals surface area contributed by atoms with E-state index in [0.717, 1.165) is 6.54 Å². The third kappa shape index (κ3) is 5.02. The normalized spacial score (nSPS) is 17.8. The van der Waals surface area contributed by atoms with Crippen molar-refractivity contribution in [1.82, 2.24) is 4.90 Å². The fourth-order valence-electron chi connectivity index (χ4n) is 1.32. The van der Waals surface area contributed by atoms with Crippen molar-refractivity contribution in [3.8, 4) is 0 Å². The third-order valence-electron chi connectivity index (χ3n) is 1.84. The number of nitrogens with zero attached hydrogens (tertiary/aromatic N) is 1. The van der Waals surface area contributed by atoms with Gasteiger partial charge in [-0.15, -0.1) is 6.58 Å². The van der Waals surface area contributed by atoms with E-state index < -0.39 is 0 Å². The standard InChI is InChI=1S/C8H15N.2CH4/c1-2-6-9-7-4-3-5-8-9;;/h2H,1,3-8H2;2*1H4. The Labute approximate surface area is 72.1 Å². The van der Waals surface area contributed by atoms with Crippen molar-refractivity contribution < 1.29 is 0 Å². The summed E-state index contributed by atoms with van der Waals surface area (Å²) in [4.78, 5) is 2.45. The molecule has 0 aliphatic carbocycles. The molecule has 1 nitrogen and oxygen atoms in total. The van der Waals surface area contributed by atoms with Crippen LogP contribution < -0.4 is 0 Å². The summed E-state index contributed by atoms with van der Waals surface area (Å²) in [7, 11) is 0. The van der Waals surface area contributed by atoms with Crippen LogP contribution in [0.3, 0.4) is 0 Å². The van der Waals surface area contributed by atoms with Crippen molar-refractivity contribution >= 4 is 0 Å². The number of hydrogen-bond donors (Lipinski definition) is 0. The predicted molar refractivity (Wildman–Crippen MR) is 54.0 cm³/mol. The number of rotatable bonds is 2. The predicted octanol–water partition coefficient (Wildman–Crippen LogP) is 2.93. The van der Waals surface area contributed by atoms with E-state index in [1.807, 2.05) is 6.08 Å². The second-order valence-electron chi connectivity index (χ2n) is 2.65. The number of hydrogen-bond acceptors (Lipinski definition) is 1. The van der Waals surface area contributed by atoms with Crippen LogP contribution in [0.1, 0.15) is 34.1 Å². The molecule has 0 spiro atoms. The highest BCUT2D eigenvalue weighted by atomic mass is 15.1. The van der Waals surface area contributed by atoms with E-state index in [2.05, 4.69) is 11.5 Å². The van der Waals surface area contributed by atoms with Crippen LogP contribution in [0.5, 0.6) is 0 Å². The fraction of sp³-hybridized carbons (Fsp3) is 0.800. The Balaban J connectivity index is 0. The molecular formula is C10H23N. The van der Waals surface area contributed by atoms with Crippen molar-refractivity contribution in [2.45, 2.75) is 34.1 Å². The lowest BCUT2D eigenvalue weighted by molar-refractivity contribution is 0.251. The van der Waals surface area contributed by atoms with Gasteiger partial charge in [-0.05, 0) is 25.9 Å². The van der Waals surface area contributed by atoms with Crippen molar-refractivity contribution in [2.24, 2.45) is 0 Å². The summed E-state index contributed by atoms with van der Waals surface area (Å²) in [6, 6.07) is 0. The van der Waals surface area contributed by atoms with Gasteiger partial charge in [0.05, 0.1) is 0 Å². The van der Waals surface area contributed by atoms with E-state index in [0.29, 0.717) is 0 Å². The number of likely N-dealkylation sites (tertiary alicyclic amines) is 1. The summed E-state index contributed by atoms with van der Waals surface area (Å²) in [5, 5.41) is 0. The van der Waals surface area contributed by atoms with Crippen LogP contribution >= 0.6 is 0 Å². The zero-order valence-corrected chi connectivity index (χ0v) is 5.97. The lowest BCUT2D eigenvalue weighted by atomic mass is 10.1. The molecule has 0 aromatic heterocycles. The first-order chi connectivity index (χ1) is 4.43. The molecule has 1 heteroatoms. The summed E-state index contributed by atoms with van der Waals surface area (Å²) in [5.41, 5.74) is 0. The minimum absolute atomic E-state index is 0. The molecule has 0 saturated carbocycles. The van der Waals surface area contributed by atoms with Crippen LogP contribution in [0.2, 0.25) is 0 Å². The van der Waals surface area contributed by atoms with Crippen LogP contribution in [0, 0.1) is 0 Å². The van der Waals surface area contributed by atoms with Gasteiger partial charge >= 0.3 is 0 Å². The maximum absolute atomic E-state index is 3.71. The highest BCUT2D eigenvalue weighted by Crippen LogP contribution is 2.07. The molecule has 11 heavy (non-hydrogen) atoms. The Kier molecular flexibility index (Phi) is 9.44. The van der Waals surface area contributed by atoms with Gasteiger partial charge in [-0.25, -0.2) is 0 Å². The average molecular weight is 157 g/mol. The van der Waals surface area contributed by atoms with Crippen LogP contribution in [-0.2, 0) is 0 Å². The van der Waals surface area contributed by atoms with Gasteiger partial charge in [0, 0.05) is 6.54 Å². The molecule has 1 rings (SSSR count). The molecule has 1 saturated heterocycles. The van der Waals surface area contributed by atoms with E-state index in [9.17, 15) is 0 Å². The van der Waals surface area contributed by atoms with Crippen LogP contribution in [0.25, 0.3) is 0 Å². The van der Waals surface area contributed by atoms with Gasteiger partial charge < -0.3 is 0 Å². The Morgan fingerprint density at radius 1 is 1.09 bits per heavy atom. The molecule has 1 aliphatic rings. The van der Waals surface area contributed by atoms with E-state index in [-0.39, 0.29) is 14.9 Å². The van der Waals surface area contributed by atoms with Gasteiger partial charge in [-0.3, -0.25) is 4.90 Å². The van der Waals surface area contributed by atoms with Crippen molar-refractivity contribution in [3.05, 3.63) is 12.7 Å². The second-order valence-corrected chi connectivity index (χ2v) is 2.65. The lowest BCUT2D eigenvalue weighted by Crippen LogP contribution is -2.29. The highest BCUT2D eigenvalue weighted by molar-refractivity contribution is 4.75. The molecule has 0 aromatic rings. The Bertz CT molecular complexity index is 82.9. The molecule has 1 aliphatic heterocycles. The van der Waals surface area contributed by atoms with Gasteiger partial charge in [0.1, 0.15) is 0 Å². The number of piperidine rings is 1. The maximum atomic E-state index is 3.71. The van der Waals surface area contributed by atoms with Crippen LogP contribution in [-0.4, -0.2) is 24.5 Å². The lowest BCUT2D eigenvalue weighted by Gasteiger charge is -2.24. The Morgan fingerprint density at radius 3 is 2.09 bits per heavy atom. The largest absolute Gasteiger partial charge is 0.300 e. The van der Waals surface area contributed by atoms with Crippen molar-refractivity contribution in [1.29, 1.82) is 0 Å². The van der Waals surface area contributed by atoms with Gasteiger partial charge in [0.25, 0.3) is 0 Å². The minimum Gasteiger partial charge on any atom is -0.300 e. The van der Waals surface area contributed by atoms with Crippen molar-refractivity contribution in [2.75, 3.05) is 19.6 Å². The molecular weight excluding hydrogens is 134 g/mol. The monoisotopic (exact) mass is 157 g/mol. The molecule has 0 bridgehead atoms. The Hall–Kier alpha value is -0.300. The summed E-state index contributed by atoms with van der Waals surface area (Å²) >= 11 is 0. The van der Waals surface area contributed by atoms with E-state index in [1.54, 1.807) is 0 Å². The first-order valence-electron chi connectivity index (χ1n) is 3.77. The molecule has 0 N–H and O–H groups in total. The molecule has 0 radical (unpaired) electrons. The van der Waals surface area contributed by atoms with Crippen molar-refractivity contribution in [3.63, 3.8) is 0 Å². The maximum Gasteiger partial charge on any atom is 0.0160 e. The minimum atomic E-state index is 0. The quantitative estimate of drug-likeness (QED) is 0.557.